The van der Waals surface area contributed by atoms with Gasteiger partial charge in [0.25, 0.3) is 0 Å². The van der Waals surface area contributed by atoms with Crippen molar-refractivity contribution >= 4 is 34.9 Å². The number of benzene rings is 2. The van der Waals surface area contributed by atoms with Gasteiger partial charge >= 0.3 is 0 Å². The lowest BCUT2D eigenvalue weighted by Gasteiger charge is -2.21. The van der Waals surface area contributed by atoms with Crippen LogP contribution in [0.15, 0.2) is 53.6 Å². The van der Waals surface area contributed by atoms with Gasteiger partial charge in [0.2, 0.25) is 5.91 Å². The number of aromatic nitrogens is 1. The largest absolute Gasteiger partial charge is 0.388 e. The molecule has 0 bridgehead atoms. The zero-order chi connectivity index (χ0) is 23.8. The number of nitrogens with one attached hydrogen (secondary N) is 3. The molecule has 0 spiro atoms. The van der Waals surface area contributed by atoms with Gasteiger partial charge in [-0.25, -0.2) is 4.98 Å². The van der Waals surface area contributed by atoms with Crippen molar-refractivity contribution in [3.05, 3.63) is 54.2 Å². The van der Waals surface area contributed by atoms with Crippen molar-refractivity contribution in [2.75, 3.05) is 26.1 Å². The zero-order valence-electron chi connectivity index (χ0n) is 19.8. The molecule has 0 aliphatic carbocycles. The first-order valence-corrected chi connectivity index (χ1v) is 12.5. The lowest BCUT2D eigenvalue weighted by molar-refractivity contribution is -0.122. The van der Waals surface area contributed by atoms with E-state index in [1.54, 1.807) is 30.4 Å². The van der Waals surface area contributed by atoms with Gasteiger partial charge in [-0.1, -0.05) is 12.1 Å². The normalized spacial score (nSPS) is 11.4. The van der Waals surface area contributed by atoms with E-state index in [1.165, 1.54) is 0 Å². The topological polar surface area (TPSA) is 75.3 Å². The molecule has 0 saturated heterocycles. The molecule has 8 heteroatoms. The molecule has 3 aromatic rings. The lowest BCUT2D eigenvalue weighted by Crippen LogP contribution is -2.29. The molecule has 0 aliphatic heterocycles. The van der Waals surface area contributed by atoms with Crippen LogP contribution in [0.4, 0.5) is 5.69 Å². The standard InChI is InChI=1S/C25H32N4O2S2/c1-25(2,3)29-33-21-14-17(15-27-23(30)12-13-31-5)6-11-20(21)22-16-28-24(32-22)18-7-9-19(26-4)10-8-18/h6-11,14,16,26,29H,12-13,15H2,1-5H3,(H,27,30). The molecule has 33 heavy (non-hydrogen) atoms. The molecular formula is C25H32N4O2S2. The van der Waals surface area contributed by atoms with Gasteiger partial charge in [0.1, 0.15) is 5.01 Å². The molecule has 3 N–H and O–H groups in total. The van der Waals surface area contributed by atoms with E-state index in [4.69, 9.17) is 4.74 Å². The van der Waals surface area contributed by atoms with Crippen molar-refractivity contribution in [1.29, 1.82) is 0 Å². The van der Waals surface area contributed by atoms with E-state index in [2.05, 4.69) is 83.6 Å². The number of hydrogen-bond acceptors (Lipinski definition) is 7. The van der Waals surface area contributed by atoms with E-state index in [1.807, 2.05) is 13.2 Å². The molecule has 0 saturated carbocycles. The van der Waals surface area contributed by atoms with Gasteiger partial charge in [-0.2, -0.15) is 0 Å². The molecule has 1 heterocycles. The van der Waals surface area contributed by atoms with Crippen molar-refractivity contribution in [3.8, 4) is 21.0 Å². The molecular weight excluding hydrogens is 452 g/mol. The highest BCUT2D eigenvalue weighted by Gasteiger charge is 2.15. The Labute approximate surface area is 204 Å². The Morgan fingerprint density at radius 2 is 1.91 bits per heavy atom. The number of amides is 1. The summed E-state index contributed by atoms with van der Waals surface area (Å²) in [6, 6.07) is 14.6. The van der Waals surface area contributed by atoms with Crippen LogP contribution in [0.2, 0.25) is 0 Å². The fourth-order valence-corrected chi connectivity index (χ4v) is 4.91. The molecule has 0 aliphatic rings. The number of rotatable bonds is 10. The van der Waals surface area contributed by atoms with Crippen LogP contribution in [0.25, 0.3) is 21.0 Å². The Hall–Kier alpha value is -2.39. The minimum absolute atomic E-state index is 0.0145. The van der Waals surface area contributed by atoms with Crippen LogP contribution in [0.3, 0.4) is 0 Å². The van der Waals surface area contributed by atoms with Crippen LogP contribution >= 0.6 is 23.3 Å². The van der Waals surface area contributed by atoms with Gasteiger partial charge in [0, 0.05) is 60.6 Å². The zero-order valence-corrected chi connectivity index (χ0v) is 21.5. The van der Waals surface area contributed by atoms with Gasteiger partial charge in [-0.15, -0.1) is 11.3 Å². The molecule has 2 aromatic carbocycles. The molecule has 1 amide bonds. The summed E-state index contributed by atoms with van der Waals surface area (Å²) in [7, 11) is 3.51. The number of methoxy groups -OCH3 is 1. The predicted octanol–water partition coefficient (Wildman–Crippen LogP) is 5.57. The van der Waals surface area contributed by atoms with E-state index < -0.39 is 0 Å². The molecule has 3 rings (SSSR count). The van der Waals surface area contributed by atoms with E-state index in [9.17, 15) is 4.79 Å². The van der Waals surface area contributed by atoms with Gasteiger partial charge in [-0.3, -0.25) is 9.52 Å². The number of anilines is 1. The minimum atomic E-state index is -0.0414. The van der Waals surface area contributed by atoms with Crippen molar-refractivity contribution in [1.82, 2.24) is 15.0 Å². The number of thiazole rings is 1. The maximum absolute atomic E-state index is 12.0. The maximum atomic E-state index is 12.0. The Morgan fingerprint density at radius 3 is 2.58 bits per heavy atom. The van der Waals surface area contributed by atoms with E-state index in [-0.39, 0.29) is 11.4 Å². The van der Waals surface area contributed by atoms with Gasteiger partial charge < -0.3 is 15.4 Å². The third kappa shape index (κ3) is 7.57. The summed E-state index contributed by atoms with van der Waals surface area (Å²) in [4.78, 5) is 18.9. The van der Waals surface area contributed by atoms with E-state index in [0.717, 1.165) is 37.2 Å². The van der Waals surface area contributed by atoms with Gasteiger partial charge in [0.05, 0.1) is 11.5 Å². The third-order valence-corrected chi connectivity index (χ3v) is 7.08. The molecule has 0 unspecified atom stereocenters. The summed E-state index contributed by atoms with van der Waals surface area (Å²) >= 11 is 3.29. The summed E-state index contributed by atoms with van der Waals surface area (Å²) in [5.41, 5.74) is 4.31. The number of ether oxygens (including phenoxy) is 1. The van der Waals surface area contributed by atoms with Gasteiger partial charge in [-0.05, 0) is 68.6 Å². The van der Waals surface area contributed by atoms with E-state index >= 15 is 0 Å². The average Bonchev–Trinajstić information content (AvgIpc) is 3.29. The third-order valence-electron chi connectivity index (χ3n) is 4.73. The predicted molar refractivity (Wildman–Crippen MR) is 140 cm³/mol. The first-order chi connectivity index (χ1) is 15.8. The summed E-state index contributed by atoms with van der Waals surface area (Å²) in [6.07, 6.45) is 2.30. The molecule has 1 aromatic heterocycles. The maximum Gasteiger partial charge on any atom is 0.222 e. The van der Waals surface area contributed by atoms with Crippen LogP contribution in [-0.4, -0.2) is 37.2 Å². The molecule has 0 fully saturated rings. The second-order valence-corrected chi connectivity index (χ2v) is 10.5. The van der Waals surface area contributed by atoms with Crippen molar-refractivity contribution in [2.24, 2.45) is 0 Å². The van der Waals surface area contributed by atoms with Crippen LogP contribution in [0.1, 0.15) is 32.8 Å². The second-order valence-electron chi connectivity index (χ2n) is 8.66. The highest BCUT2D eigenvalue weighted by atomic mass is 32.2. The fraction of sp³-hybridized carbons (Fsp3) is 0.360. The van der Waals surface area contributed by atoms with Crippen molar-refractivity contribution in [2.45, 2.75) is 44.2 Å². The number of hydrogen-bond donors (Lipinski definition) is 3. The summed E-state index contributed by atoms with van der Waals surface area (Å²) in [6.45, 7) is 7.32. The SMILES string of the molecule is CNc1ccc(-c2ncc(-c3ccc(CNC(=O)CCOC)cc3SNC(C)(C)C)s2)cc1. The number of carbonyl (C=O) groups is 1. The Kier molecular flexibility index (Phi) is 8.91. The molecule has 0 atom stereocenters. The number of nitrogens with zero attached hydrogens (tertiary/aromatic N) is 1. The van der Waals surface area contributed by atoms with Crippen molar-refractivity contribution < 1.29 is 9.53 Å². The Morgan fingerprint density at radius 1 is 1.15 bits per heavy atom. The Balaban J connectivity index is 1.83. The quantitative estimate of drug-likeness (QED) is 0.327. The molecule has 6 nitrogen and oxygen atoms in total. The first kappa shape index (κ1) is 25.2. The summed E-state index contributed by atoms with van der Waals surface area (Å²) < 4.78 is 8.49. The smallest absolute Gasteiger partial charge is 0.222 e. The number of carbonyl (C=O) groups excluding carboxylic acids is 1. The lowest BCUT2D eigenvalue weighted by atomic mass is 10.1. The highest BCUT2D eigenvalue weighted by Crippen LogP contribution is 2.38. The average molecular weight is 485 g/mol. The van der Waals surface area contributed by atoms with Crippen LogP contribution < -0.4 is 15.4 Å². The monoisotopic (exact) mass is 484 g/mol. The van der Waals surface area contributed by atoms with Gasteiger partial charge in [0.15, 0.2) is 0 Å². The molecule has 176 valence electrons. The van der Waals surface area contributed by atoms with E-state index in [0.29, 0.717) is 19.6 Å². The minimum Gasteiger partial charge on any atom is -0.388 e. The first-order valence-electron chi connectivity index (χ1n) is 10.9. The summed E-state index contributed by atoms with van der Waals surface area (Å²) in [5, 5.41) is 7.10. The summed E-state index contributed by atoms with van der Waals surface area (Å²) in [5.74, 6) is -0.0145. The fourth-order valence-electron chi connectivity index (χ4n) is 2.97. The highest BCUT2D eigenvalue weighted by molar-refractivity contribution is 7.97. The Bertz CT molecular complexity index is 1060. The van der Waals surface area contributed by atoms with Crippen LogP contribution in [-0.2, 0) is 16.1 Å². The van der Waals surface area contributed by atoms with Crippen LogP contribution in [0, 0.1) is 0 Å². The molecule has 0 radical (unpaired) electrons. The van der Waals surface area contributed by atoms with Crippen LogP contribution in [0.5, 0.6) is 0 Å². The van der Waals surface area contributed by atoms with Crippen molar-refractivity contribution in [3.63, 3.8) is 0 Å². The second kappa shape index (κ2) is 11.7.